The topological polar surface area (TPSA) is 77.1 Å². The second-order valence-corrected chi connectivity index (χ2v) is 11.5. The maximum Gasteiger partial charge on any atom is 0.270 e. The Balaban J connectivity index is 1.31. The highest BCUT2D eigenvalue weighted by atomic mass is 79.9. The summed E-state index contributed by atoms with van der Waals surface area (Å²) < 4.78 is 19.3. The van der Waals surface area contributed by atoms with Crippen LogP contribution in [0.3, 0.4) is 0 Å². The number of hydrogen-bond acceptors (Lipinski definition) is 6. The van der Waals surface area contributed by atoms with E-state index in [0.29, 0.717) is 50.7 Å². The van der Waals surface area contributed by atoms with Crippen LogP contribution in [0.2, 0.25) is 0 Å². The monoisotopic (exact) mass is 720 g/mol. The van der Waals surface area contributed by atoms with Crippen LogP contribution in [0, 0.1) is 0 Å². The molecule has 1 saturated heterocycles. The van der Waals surface area contributed by atoms with Crippen LogP contribution in [0.15, 0.2) is 106 Å². The van der Waals surface area contributed by atoms with Gasteiger partial charge in [0.15, 0.2) is 16.6 Å². The van der Waals surface area contributed by atoms with Crippen LogP contribution in [0.4, 0.5) is 5.69 Å². The minimum atomic E-state index is -0.559. The van der Waals surface area contributed by atoms with Crippen LogP contribution in [0.25, 0.3) is 6.08 Å². The average molecular weight is 722 g/mol. The van der Waals surface area contributed by atoms with Crippen molar-refractivity contribution in [1.29, 1.82) is 0 Å². The van der Waals surface area contributed by atoms with Crippen molar-refractivity contribution in [2.24, 2.45) is 0 Å². The van der Waals surface area contributed by atoms with E-state index in [0.717, 1.165) is 11.1 Å². The fraction of sp³-hybridized carbons (Fsp3) is 0.121. The molecule has 218 valence electrons. The van der Waals surface area contributed by atoms with Crippen LogP contribution < -0.4 is 24.4 Å². The number of halogens is 2. The first kappa shape index (κ1) is 30.5. The molecule has 4 aromatic rings. The van der Waals surface area contributed by atoms with E-state index in [1.165, 1.54) is 11.0 Å². The SMILES string of the molecule is CCOc1cc(COc2c(Br)cc(/C=C3/C(=O)NC(=S)N(c4ccccc4)C3=O)cc2Br)ccc1OCc1ccccc1. The third-order valence-electron chi connectivity index (χ3n) is 6.38. The Morgan fingerprint density at radius 3 is 2.12 bits per heavy atom. The van der Waals surface area contributed by atoms with E-state index in [2.05, 4.69) is 37.2 Å². The number of amides is 2. The van der Waals surface area contributed by atoms with Crippen LogP contribution in [-0.2, 0) is 22.8 Å². The number of thiocarbonyl (C=S) groups is 1. The smallest absolute Gasteiger partial charge is 0.270 e. The summed E-state index contributed by atoms with van der Waals surface area (Å²) in [5.74, 6) is 0.794. The molecule has 0 radical (unpaired) electrons. The summed E-state index contributed by atoms with van der Waals surface area (Å²) in [5.41, 5.74) is 3.10. The number of carbonyl (C=O) groups excluding carboxylic acids is 2. The third-order valence-corrected chi connectivity index (χ3v) is 7.84. The first-order valence-corrected chi connectivity index (χ1v) is 15.3. The quantitative estimate of drug-likeness (QED) is 0.103. The van der Waals surface area contributed by atoms with Gasteiger partial charge in [-0.05, 0) is 110 Å². The predicted molar refractivity (Wildman–Crippen MR) is 177 cm³/mol. The van der Waals surface area contributed by atoms with E-state index in [9.17, 15) is 9.59 Å². The molecule has 0 bridgehead atoms. The molecule has 0 aromatic heterocycles. The number of nitrogens with one attached hydrogen (secondary N) is 1. The summed E-state index contributed by atoms with van der Waals surface area (Å²) in [4.78, 5) is 27.3. The van der Waals surface area contributed by atoms with E-state index in [-0.39, 0.29) is 17.3 Å². The number of para-hydroxylation sites is 1. The van der Waals surface area contributed by atoms with Crippen molar-refractivity contribution in [3.63, 3.8) is 0 Å². The average Bonchev–Trinajstić information content (AvgIpc) is 2.99. The molecule has 0 saturated carbocycles. The van der Waals surface area contributed by atoms with Gasteiger partial charge >= 0.3 is 0 Å². The Labute approximate surface area is 271 Å². The molecule has 0 unspecified atom stereocenters. The predicted octanol–water partition coefficient (Wildman–Crippen LogP) is 7.60. The van der Waals surface area contributed by atoms with Gasteiger partial charge in [0.25, 0.3) is 11.8 Å². The second kappa shape index (κ2) is 14.0. The summed E-state index contributed by atoms with van der Waals surface area (Å²) in [5, 5.41) is 2.64. The van der Waals surface area contributed by atoms with Gasteiger partial charge in [0.05, 0.1) is 21.2 Å². The molecule has 7 nitrogen and oxygen atoms in total. The Morgan fingerprint density at radius 2 is 1.44 bits per heavy atom. The van der Waals surface area contributed by atoms with Gasteiger partial charge in [-0.3, -0.25) is 19.8 Å². The van der Waals surface area contributed by atoms with Crippen molar-refractivity contribution < 1.29 is 23.8 Å². The van der Waals surface area contributed by atoms with Crippen molar-refractivity contribution >= 4 is 72.8 Å². The molecule has 1 aliphatic rings. The van der Waals surface area contributed by atoms with E-state index in [4.69, 9.17) is 26.4 Å². The number of rotatable bonds is 10. The van der Waals surface area contributed by atoms with Gasteiger partial charge in [-0.25, -0.2) is 0 Å². The van der Waals surface area contributed by atoms with Gasteiger partial charge in [0.1, 0.15) is 24.5 Å². The van der Waals surface area contributed by atoms with Crippen molar-refractivity contribution in [1.82, 2.24) is 5.32 Å². The highest BCUT2D eigenvalue weighted by molar-refractivity contribution is 9.11. The van der Waals surface area contributed by atoms with Crippen molar-refractivity contribution in [3.8, 4) is 17.2 Å². The van der Waals surface area contributed by atoms with Crippen molar-refractivity contribution in [2.75, 3.05) is 11.5 Å². The zero-order chi connectivity index (χ0) is 30.3. The van der Waals surface area contributed by atoms with Gasteiger partial charge in [0.2, 0.25) is 0 Å². The Bertz CT molecular complexity index is 1670. The molecule has 5 rings (SSSR count). The number of benzene rings is 4. The lowest BCUT2D eigenvalue weighted by Crippen LogP contribution is -2.54. The van der Waals surface area contributed by atoms with E-state index in [1.807, 2.05) is 61.5 Å². The number of anilines is 1. The lowest BCUT2D eigenvalue weighted by atomic mass is 10.1. The molecule has 0 aliphatic carbocycles. The molecule has 43 heavy (non-hydrogen) atoms. The molecular formula is C33H26Br2N2O5S. The molecule has 1 aliphatic heterocycles. The van der Waals surface area contributed by atoms with Crippen LogP contribution in [-0.4, -0.2) is 23.5 Å². The Hall–Kier alpha value is -3.99. The van der Waals surface area contributed by atoms with Crippen LogP contribution in [0.5, 0.6) is 17.2 Å². The van der Waals surface area contributed by atoms with Gasteiger partial charge in [0, 0.05) is 0 Å². The molecule has 0 spiro atoms. The largest absolute Gasteiger partial charge is 0.490 e. The summed E-state index contributed by atoms with van der Waals surface area (Å²) in [6.07, 6.45) is 1.53. The molecule has 1 heterocycles. The van der Waals surface area contributed by atoms with E-state index >= 15 is 0 Å². The van der Waals surface area contributed by atoms with Gasteiger partial charge < -0.3 is 14.2 Å². The fourth-order valence-corrected chi connectivity index (χ4v) is 6.09. The lowest BCUT2D eigenvalue weighted by molar-refractivity contribution is -0.122. The Morgan fingerprint density at radius 1 is 0.791 bits per heavy atom. The summed E-state index contributed by atoms with van der Waals surface area (Å²) in [6, 6.07) is 28.1. The number of ether oxygens (including phenoxy) is 3. The molecule has 0 atom stereocenters. The zero-order valence-corrected chi connectivity index (χ0v) is 27.0. The maximum absolute atomic E-state index is 13.3. The zero-order valence-electron chi connectivity index (χ0n) is 23.0. The standard InChI is InChI=1S/C33H26Br2N2O5S/c1-2-40-29-18-22(13-14-28(29)41-19-21-9-5-3-6-10-21)20-42-30-26(34)16-23(17-27(30)35)15-25-31(38)36-33(43)37(32(25)39)24-11-7-4-8-12-24/h3-18H,2,19-20H2,1H3,(H,36,38,43)/b25-15-. The normalized spacial score (nSPS) is 14.1. The van der Waals surface area contributed by atoms with Crippen LogP contribution in [0.1, 0.15) is 23.6 Å². The second-order valence-electron chi connectivity index (χ2n) is 9.38. The molecule has 2 amide bonds. The van der Waals surface area contributed by atoms with Gasteiger partial charge in [-0.2, -0.15) is 0 Å². The first-order chi connectivity index (χ1) is 20.8. The lowest BCUT2D eigenvalue weighted by Gasteiger charge is -2.28. The molecule has 1 fully saturated rings. The van der Waals surface area contributed by atoms with E-state index in [1.54, 1.807) is 36.4 Å². The summed E-state index contributed by atoms with van der Waals surface area (Å²) >= 11 is 12.4. The first-order valence-electron chi connectivity index (χ1n) is 13.3. The van der Waals surface area contributed by atoms with Crippen LogP contribution >= 0.6 is 44.1 Å². The van der Waals surface area contributed by atoms with Crippen molar-refractivity contribution in [3.05, 3.63) is 122 Å². The fourth-order valence-electron chi connectivity index (χ4n) is 4.36. The molecular weight excluding hydrogens is 696 g/mol. The van der Waals surface area contributed by atoms with Gasteiger partial charge in [-0.1, -0.05) is 54.6 Å². The Kier molecular flexibility index (Phi) is 9.91. The summed E-state index contributed by atoms with van der Waals surface area (Å²) in [6.45, 7) is 3.12. The molecule has 4 aromatic carbocycles. The summed E-state index contributed by atoms with van der Waals surface area (Å²) in [7, 11) is 0. The third kappa shape index (κ3) is 7.33. The number of nitrogens with zero attached hydrogens (tertiary/aromatic N) is 1. The van der Waals surface area contributed by atoms with E-state index < -0.39 is 11.8 Å². The molecule has 10 heteroatoms. The van der Waals surface area contributed by atoms with Gasteiger partial charge in [-0.15, -0.1) is 0 Å². The highest BCUT2D eigenvalue weighted by Crippen LogP contribution is 2.37. The minimum absolute atomic E-state index is 0.0349. The number of hydrogen-bond donors (Lipinski definition) is 1. The van der Waals surface area contributed by atoms with Crippen molar-refractivity contribution in [2.45, 2.75) is 20.1 Å². The molecule has 1 N–H and O–H groups in total. The maximum atomic E-state index is 13.3. The number of carbonyl (C=O) groups is 2. The minimum Gasteiger partial charge on any atom is -0.490 e. The highest BCUT2D eigenvalue weighted by Gasteiger charge is 2.34.